The lowest BCUT2D eigenvalue weighted by molar-refractivity contribution is 0.620. The summed E-state index contributed by atoms with van der Waals surface area (Å²) in [7, 11) is 0. The molecule has 68 valence electrons. The van der Waals surface area contributed by atoms with Crippen molar-refractivity contribution in [1.29, 1.82) is 5.26 Å². The number of nitriles is 1. The maximum absolute atomic E-state index is 8.66. The van der Waals surface area contributed by atoms with E-state index in [4.69, 9.17) is 11.0 Å². The maximum Gasteiger partial charge on any atom is 0.122 e. The highest BCUT2D eigenvalue weighted by molar-refractivity contribution is 5.25. The van der Waals surface area contributed by atoms with Gasteiger partial charge in [-0.1, -0.05) is 0 Å². The highest BCUT2D eigenvalue weighted by Crippen LogP contribution is 2.36. The summed E-state index contributed by atoms with van der Waals surface area (Å²) in [5.74, 6) is 0. The first-order valence-corrected chi connectivity index (χ1v) is 4.43. The van der Waals surface area contributed by atoms with Gasteiger partial charge in [-0.15, -0.1) is 0 Å². The molecule has 4 heteroatoms. The minimum atomic E-state index is -0.535. The molecule has 13 heavy (non-hydrogen) atoms. The molecule has 0 bridgehead atoms. The van der Waals surface area contributed by atoms with Crippen LogP contribution in [0.4, 0.5) is 0 Å². The summed E-state index contributed by atoms with van der Waals surface area (Å²) < 4.78 is 1.98. The Morgan fingerprint density at radius 3 is 3.00 bits per heavy atom. The topological polar surface area (TPSA) is 67.6 Å². The summed E-state index contributed by atoms with van der Waals surface area (Å²) in [5, 5.41) is 12.9. The molecule has 1 heterocycles. The van der Waals surface area contributed by atoms with E-state index in [0.29, 0.717) is 6.04 Å². The van der Waals surface area contributed by atoms with E-state index < -0.39 is 6.04 Å². The zero-order chi connectivity index (χ0) is 9.42. The van der Waals surface area contributed by atoms with Gasteiger partial charge in [0.25, 0.3) is 0 Å². The molecule has 1 atom stereocenters. The van der Waals surface area contributed by atoms with Gasteiger partial charge < -0.3 is 5.73 Å². The lowest BCUT2D eigenvalue weighted by Gasteiger charge is -2.03. The normalized spacial score (nSPS) is 18.2. The third-order valence-corrected chi connectivity index (χ3v) is 2.45. The fourth-order valence-electron chi connectivity index (χ4n) is 1.50. The van der Waals surface area contributed by atoms with Gasteiger partial charge in [0, 0.05) is 11.3 Å². The predicted molar refractivity (Wildman–Crippen MR) is 47.8 cm³/mol. The summed E-state index contributed by atoms with van der Waals surface area (Å²) in [6, 6.07) is 2.04. The lowest BCUT2D eigenvalue weighted by Crippen LogP contribution is -2.08. The van der Waals surface area contributed by atoms with Crippen molar-refractivity contribution >= 4 is 0 Å². The summed E-state index contributed by atoms with van der Waals surface area (Å²) in [4.78, 5) is 0. The molecular formula is C9H12N4. The molecule has 1 fully saturated rings. The van der Waals surface area contributed by atoms with E-state index >= 15 is 0 Å². The minimum absolute atomic E-state index is 0.535. The zero-order valence-electron chi connectivity index (χ0n) is 7.57. The van der Waals surface area contributed by atoms with Crippen molar-refractivity contribution in [2.45, 2.75) is 31.8 Å². The van der Waals surface area contributed by atoms with E-state index in [2.05, 4.69) is 5.10 Å². The molecule has 2 N–H and O–H groups in total. The number of rotatable bonds is 2. The highest BCUT2D eigenvalue weighted by atomic mass is 15.3. The van der Waals surface area contributed by atoms with E-state index in [9.17, 15) is 0 Å². The Kier molecular flexibility index (Phi) is 1.82. The van der Waals surface area contributed by atoms with Crippen molar-refractivity contribution in [3.05, 3.63) is 17.5 Å². The summed E-state index contributed by atoms with van der Waals surface area (Å²) in [5.41, 5.74) is 7.51. The fraction of sp³-hybridized carbons (Fsp3) is 0.556. The zero-order valence-corrected chi connectivity index (χ0v) is 7.57. The minimum Gasteiger partial charge on any atom is -0.312 e. The van der Waals surface area contributed by atoms with E-state index in [1.165, 1.54) is 12.8 Å². The van der Waals surface area contributed by atoms with Crippen LogP contribution >= 0.6 is 0 Å². The summed E-state index contributed by atoms with van der Waals surface area (Å²) in [6.07, 6.45) is 4.11. The molecule has 2 rings (SSSR count). The number of aromatic nitrogens is 2. The average molecular weight is 176 g/mol. The van der Waals surface area contributed by atoms with Crippen molar-refractivity contribution in [3.8, 4) is 6.07 Å². The van der Waals surface area contributed by atoms with Crippen molar-refractivity contribution in [1.82, 2.24) is 9.78 Å². The Hall–Kier alpha value is -1.34. The van der Waals surface area contributed by atoms with Gasteiger partial charge in [-0.2, -0.15) is 10.4 Å². The van der Waals surface area contributed by atoms with Gasteiger partial charge in [0.1, 0.15) is 6.04 Å². The van der Waals surface area contributed by atoms with Gasteiger partial charge in [0.05, 0.1) is 18.3 Å². The van der Waals surface area contributed by atoms with Gasteiger partial charge in [0.15, 0.2) is 0 Å². The predicted octanol–water partition coefficient (Wildman–Crippen LogP) is 1.05. The van der Waals surface area contributed by atoms with Crippen LogP contribution < -0.4 is 5.73 Å². The number of hydrogen-bond donors (Lipinski definition) is 1. The fourth-order valence-corrected chi connectivity index (χ4v) is 1.50. The largest absolute Gasteiger partial charge is 0.312 e. The Bertz CT molecular complexity index is 356. The molecule has 1 aromatic heterocycles. The third kappa shape index (κ3) is 1.31. The molecule has 0 amide bonds. The first-order valence-electron chi connectivity index (χ1n) is 4.43. The van der Waals surface area contributed by atoms with Gasteiger partial charge in [-0.05, 0) is 19.8 Å². The molecule has 1 aliphatic carbocycles. The van der Waals surface area contributed by atoms with Crippen molar-refractivity contribution in [2.75, 3.05) is 0 Å². The molecule has 1 aromatic rings. The monoisotopic (exact) mass is 176 g/mol. The molecule has 0 aromatic carbocycles. The Balaban J connectivity index is 2.33. The Labute approximate surface area is 77.0 Å². The second kappa shape index (κ2) is 2.86. The first-order chi connectivity index (χ1) is 6.24. The van der Waals surface area contributed by atoms with Crippen LogP contribution in [0.15, 0.2) is 6.20 Å². The summed E-state index contributed by atoms with van der Waals surface area (Å²) in [6.45, 7) is 1.97. The number of hydrogen-bond acceptors (Lipinski definition) is 3. The molecule has 4 nitrogen and oxygen atoms in total. The molecule has 0 saturated heterocycles. The van der Waals surface area contributed by atoms with Crippen LogP contribution in [0.1, 0.15) is 36.2 Å². The quantitative estimate of drug-likeness (QED) is 0.732. The van der Waals surface area contributed by atoms with Gasteiger partial charge in [-0.25, -0.2) is 0 Å². The molecule has 0 spiro atoms. The highest BCUT2D eigenvalue weighted by Gasteiger charge is 2.27. The molecule has 1 saturated carbocycles. The van der Waals surface area contributed by atoms with Crippen LogP contribution in [0.5, 0.6) is 0 Å². The van der Waals surface area contributed by atoms with Crippen molar-refractivity contribution < 1.29 is 0 Å². The Morgan fingerprint density at radius 2 is 2.46 bits per heavy atom. The Morgan fingerprint density at radius 1 is 1.77 bits per heavy atom. The third-order valence-electron chi connectivity index (χ3n) is 2.45. The van der Waals surface area contributed by atoms with Gasteiger partial charge >= 0.3 is 0 Å². The van der Waals surface area contributed by atoms with Crippen LogP contribution in [0.25, 0.3) is 0 Å². The second-order valence-corrected chi connectivity index (χ2v) is 3.47. The van der Waals surface area contributed by atoms with Crippen LogP contribution in [-0.4, -0.2) is 9.78 Å². The van der Waals surface area contributed by atoms with E-state index in [1.54, 1.807) is 6.20 Å². The van der Waals surface area contributed by atoms with E-state index in [1.807, 2.05) is 17.7 Å². The molecule has 1 unspecified atom stereocenters. The lowest BCUT2D eigenvalue weighted by atomic mass is 10.1. The summed E-state index contributed by atoms with van der Waals surface area (Å²) >= 11 is 0. The van der Waals surface area contributed by atoms with Crippen LogP contribution in [0.2, 0.25) is 0 Å². The van der Waals surface area contributed by atoms with Gasteiger partial charge in [-0.3, -0.25) is 4.68 Å². The maximum atomic E-state index is 8.66. The number of nitrogens with two attached hydrogens (primary N) is 1. The number of nitrogens with zero attached hydrogens (tertiary/aromatic N) is 3. The van der Waals surface area contributed by atoms with Crippen molar-refractivity contribution in [2.24, 2.45) is 5.73 Å². The molecule has 0 radical (unpaired) electrons. The van der Waals surface area contributed by atoms with E-state index in [0.717, 1.165) is 11.3 Å². The van der Waals surface area contributed by atoms with Crippen LogP contribution in [0.3, 0.4) is 0 Å². The van der Waals surface area contributed by atoms with Crippen LogP contribution in [-0.2, 0) is 0 Å². The standard InChI is InChI=1S/C9H12N4/c1-6-8(9(11)4-10)5-12-13(6)7-2-3-7/h5,7,9H,2-3,11H2,1H3. The van der Waals surface area contributed by atoms with Gasteiger partial charge in [0.2, 0.25) is 0 Å². The smallest absolute Gasteiger partial charge is 0.122 e. The molecular weight excluding hydrogens is 164 g/mol. The van der Waals surface area contributed by atoms with E-state index in [-0.39, 0.29) is 0 Å². The SMILES string of the molecule is Cc1c(C(N)C#N)cnn1C1CC1. The molecule has 1 aliphatic rings. The van der Waals surface area contributed by atoms with Crippen LogP contribution in [0, 0.1) is 18.3 Å². The first kappa shape index (κ1) is 8.27. The molecule has 0 aliphatic heterocycles. The van der Waals surface area contributed by atoms with Crippen molar-refractivity contribution in [3.63, 3.8) is 0 Å². The second-order valence-electron chi connectivity index (χ2n) is 3.47. The average Bonchev–Trinajstić information content (AvgIpc) is 2.90.